The number of nitrogens with zero attached hydrogens (tertiary/aromatic N) is 1. The van der Waals surface area contributed by atoms with Gasteiger partial charge >= 0.3 is 0 Å². The fraction of sp³-hybridized carbons (Fsp3) is 0.435. The molecule has 2 atom stereocenters. The van der Waals surface area contributed by atoms with Gasteiger partial charge in [-0.05, 0) is 43.5 Å². The minimum Gasteiger partial charge on any atom is -0.382 e. The molecule has 3 rings (SSSR count). The summed E-state index contributed by atoms with van der Waals surface area (Å²) in [6, 6.07) is 19.0. The molecule has 0 aliphatic carbocycles. The zero-order valence-electron chi connectivity index (χ0n) is 15.9. The topological polar surface area (TPSA) is 32.3 Å². The molecule has 1 heterocycles. The van der Waals surface area contributed by atoms with E-state index in [-0.39, 0.29) is 11.9 Å². The zero-order chi connectivity index (χ0) is 18.4. The third kappa shape index (κ3) is 4.27. The Kier molecular flexibility index (Phi) is 6.32. The molecule has 1 aliphatic rings. The van der Waals surface area contributed by atoms with Crippen molar-refractivity contribution in [3.05, 3.63) is 60.2 Å². The highest BCUT2D eigenvalue weighted by atomic mass is 16.2. The van der Waals surface area contributed by atoms with E-state index in [1.165, 1.54) is 18.4 Å². The number of anilines is 2. The fourth-order valence-corrected chi connectivity index (χ4v) is 3.86. The molecule has 138 valence electrons. The molecule has 1 N–H and O–H groups in total. The Hall–Kier alpha value is -2.29. The number of rotatable bonds is 7. The first-order valence-corrected chi connectivity index (χ1v) is 9.93. The fourth-order valence-electron chi connectivity index (χ4n) is 3.86. The van der Waals surface area contributed by atoms with E-state index < -0.39 is 0 Å². The molecule has 0 saturated heterocycles. The van der Waals surface area contributed by atoms with E-state index in [2.05, 4.69) is 55.6 Å². The van der Waals surface area contributed by atoms with Crippen LogP contribution in [0.4, 0.5) is 11.4 Å². The van der Waals surface area contributed by atoms with Gasteiger partial charge in [0.15, 0.2) is 0 Å². The van der Waals surface area contributed by atoms with Crippen LogP contribution in [-0.2, 0) is 4.79 Å². The SMILES string of the molecule is CCCCCCC(=O)N(c1ccccc1)[C@@H]1C[C@@H](C)Nc2ccccc21. The van der Waals surface area contributed by atoms with Gasteiger partial charge in [-0.15, -0.1) is 0 Å². The number of amides is 1. The van der Waals surface area contributed by atoms with Crippen LogP contribution in [0.2, 0.25) is 0 Å². The van der Waals surface area contributed by atoms with Crippen molar-refractivity contribution >= 4 is 17.3 Å². The Morgan fingerprint density at radius 3 is 2.54 bits per heavy atom. The largest absolute Gasteiger partial charge is 0.382 e. The van der Waals surface area contributed by atoms with Gasteiger partial charge in [0.05, 0.1) is 6.04 Å². The van der Waals surface area contributed by atoms with Crippen molar-refractivity contribution in [2.24, 2.45) is 0 Å². The minimum atomic E-state index is 0.0866. The number of nitrogens with one attached hydrogen (secondary N) is 1. The van der Waals surface area contributed by atoms with E-state index in [4.69, 9.17) is 0 Å². The molecule has 1 amide bonds. The minimum absolute atomic E-state index is 0.0866. The quantitative estimate of drug-likeness (QED) is 0.627. The maximum atomic E-state index is 13.2. The molecule has 0 saturated carbocycles. The number of para-hydroxylation sites is 2. The Morgan fingerprint density at radius 2 is 1.77 bits per heavy atom. The normalized spacial score (nSPS) is 18.7. The molecule has 0 aromatic heterocycles. The number of hydrogen-bond donors (Lipinski definition) is 1. The van der Waals surface area contributed by atoms with Crippen LogP contribution in [-0.4, -0.2) is 11.9 Å². The maximum absolute atomic E-state index is 13.2. The number of unbranched alkanes of at least 4 members (excludes halogenated alkanes) is 3. The molecule has 2 aromatic carbocycles. The van der Waals surface area contributed by atoms with E-state index in [0.717, 1.165) is 30.6 Å². The third-order valence-corrected chi connectivity index (χ3v) is 5.16. The Bertz CT molecular complexity index is 713. The van der Waals surface area contributed by atoms with Crippen LogP contribution in [0.5, 0.6) is 0 Å². The molecule has 3 nitrogen and oxygen atoms in total. The van der Waals surface area contributed by atoms with Crippen molar-refractivity contribution in [2.75, 3.05) is 10.2 Å². The summed E-state index contributed by atoms with van der Waals surface area (Å²) in [5.74, 6) is 0.237. The molecule has 26 heavy (non-hydrogen) atoms. The second-order valence-corrected chi connectivity index (χ2v) is 7.29. The van der Waals surface area contributed by atoms with Gasteiger partial charge in [-0.1, -0.05) is 62.6 Å². The average molecular weight is 351 g/mol. The van der Waals surface area contributed by atoms with Gasteiger partial charge in [0.1, 0.15) is 0 Å². The lowest BCUT2D eigenvalue weighted by Gasteiger charge is -2.39. The first-order chi connectivity index (χ1) is 12.7. The van der Waals surface area contributed by atoms with Crippen molar-refractivity contribution in [3.63, 3.8) is 0 Å². The van der Waals surface area contributed by atoms with Crippen molar-refractivity contribution < 1.29 is 4.79 Å². The summed E-state index contributed by atoms with van der Waals surface area (Å²) in [6.45, 7) is 4.39. The van der Waals surface area contributed by atoms with Crippen molar-refractivity contribution in [1.82, 2.24) is 0 Å². The highest BCUT2D eigenvalue weighted by Crippen LogP contribution is 2.39. The first kappa shape index (κ1) is 18.5. The van der Waals surface area contributed by atoms with E-state index in [9.17, 15) is 4.79 Å². The monoisotopic (exact) mass is 350 g/mol. The molecule has 1 aliphatic heterocycles. The van der Waals surface area contributed by atoms with Crippen LogP contribution in [0.25, 0.3) is 0 Å². The Balaban J connectivity index is 1.90. The van der Waals surface area contributed by atoms with Gasteiger partial charge in [-0.2, -0.15) is 0 Å². The number of carbonyl (C=O) groups is 1. The molecule has 0 spiro atoms. The van der Waals surface area contributed by atoms with E-state index in [1.54, 1.807) is 0 Å². The summed E-state index contributed by atoms with van der Waals surface area (Å²) < 4.78 is 0. The number of benzene rings is 2. The van der Waals surface area contributed by atoms with Crippen molar-refractivity contribution in [3.8, 4) is 0 Å². The predicted octanol–water partition coefficient (Wildman–Crippen LogP) is 5.94. The zero-order valence-corrected chi connectivity index (χ0v) is 15.9. The number of fused-ring (bicyclic) bond motifs is 1. The molecule has 0 unspecified atom stereocenters. The second-order valence-electron chi connectivity index (χ2n) is 7.29. The third-order valence-electron chi connectivity index (χ3n) is 5.16. The smallest absolute Gasteiger partial charge is 0.227 e. The molecule has 0 fully saturated rings. The molecule has 3 heteroatoms. The van der Waals surface area contributed by atoms with Crippen LogP contribution >= 0.6 is 0 Å². The van der Waals surface area contributed by atoms with E-state index >= 15 is 0 Å². The first-order valence-electron chi connectivity index (χ1n) is 9.93. The van der Waals surface area contributed by atoms with Gasteiger partial charge in [0.2, 0.25) is 5.91 Å². The summed E-state index contributed by atoms with van der Waals surface area (Å²) in [5.41, 5.74) is 3.37. The van der Waals surface area contributed by atoms with E-state index in [1.807, 2.05) is 23.1 Å². The number of hydrogen-bond acceptors (Lipinski definition) is 2. The second kappa shape index (κ2) is 8.88. The van der Waals surface area contributed by atoms with E-state index in [0.29, 0.717) is 12.5 Å². The number of carbonyl (C=O) groups excluding carboxylic acids is 1. The summed E-state index contributed by atoms with van der Waals surface area (Å²) in [7, 11) is 0. The van der Waals surface area contributed by atoms with Crippen LogP contribution in [0, 0.1) is 0 Å². The highest BCUT2D eigenvalue weighted by Gasteiger charge is 2.32. The highest BCUT2D eigenvalue weighted by molar-refractivity contribution is 5.94. The maximum Gasteiger partial charge on any atom is 0.227 e. The summed E-state index contributed by atoms with van der Waals surface area (Å²) in [5, 5.41) is 3.56. The standard InChI is InChI=1S/C23H30N2O/c1-3-4-5-9-16-23(26)25(19-12-7-6-8-13-19)22-17-18(2)24-21-15-11-10-14-20(21)22/h6-8,10-15,18,22,24H,3-5,9,16-17H2,1-2H3/t18-,22-/m1/s1. The van der Waals surface area contributed by atoms with Gasteiger partial charge in [-0.25, -0.2) is 0 Å². The van der Waals surface area contributed by atoms with Gasteiger partial charge < -0.3 is 10.2 Å². The lowest BCUT2D eigenvalue weighted by atomic mass is 9.91. The predicted molar refractivity (Wildman–Crippen MR) is 110 cm³/mol. The van der Waals surface area contributed by atoms with Crippen LogP contribution < -0.4 is 10.2 Å². The molecule has 0 radical (unpaired) electrons. The molecule has 2 aromatic rings. The van der Waals surface area contributed by atoms with Crippen molar-refractivity contribution in [2.45, 2.75) is 64.5 Å². The van der Waals surface area contributed by atoms with Gasteiger partial charge in [-0.3, -0.25) is 4.79 Å². The molecule has 0 bridgehead atoms. The van der Waals surface area contributed by atoms with Gasteiger partial charge in [0, 0.05) is 23.8 Å². The Labute approximate surface area is 157 Å². The summed E-state index contributed by atoms with van der Waals surface area (Å²) in [4.78, 5) is 15.3. The van der Waals surface area contributed by atoms with Crippen LogP contribution in [0.3, 0.4) is 0 Å². The van der Waals surface area contributed by atoms with Gasteiger partial charge in [0.25, 0.3) is 0 Å². The summed E-state index contributed by atoms with van der Waals surface area (Å²) >= 11 is 0. The lowest BCUT2D eigenvalue weighted by molar-refractivity contribution is -0.119. The van der Waals surface area contributed by atoms with Crippen LogP contribution in [0.1, 0.15) is 64.0 Å². The molecular formula is C23H30N2O. The lowest BCUT2D eigenvalue weighted by Crippen LogP contribution is -2.40. The van der Waals surface area contributed by atoms with Crippen LogP contribution in [0.15, 0.2) is 54.6 Å². The summed E-state index contributed by atoms with van der Waals surface area (Å²) in [6.07, 6.45) is 6.03. The molecular weight excluding hydrogens is 320 g/mol. The van der Waals surface area contributed by atoms with Crippen molar-refractivity contribution in [1.29, 1.82) is 0 Å². The Morgan fingerprint density at radius 1 is 1.04 bits per heavy atom. The average Bonchev–Trinajstić information content (AvgIpc) is 2.66.